The predicted octanol–water partition coefficient (Wildman–Crippen LogP) is 16.1. The number of esters is 1. The van der Waals surface area contributed by atoms with E-state index in [0.29, 0.717) is 25.9 Å². The van der Waals surface area contributed by atoms with Crippen LogP contribution in [0.3, 0.4) is 0 Å². The van der Waals surface area contributed by atoms with Crippen molar-refractivity contribution in [2.45, 2.75) is 309 Å². The Labute approximate surface area is 374 Å². The van der Waals surface area contributed by atoms with Gasteiger partial charge in [-0.2, -0.15) is 0 Å². The fourth-order valence-electron chi connectivity index (χ4n) is 8.39. The van der Waals surface area contributed by atoms with Gasteiger partial charge in [-0.3, -0.25) is 9.59 Å². The van der Waals surface area contributed by atoms with Gasteiger partial charge in [-0.05, 0) is 44.9 Å². The van der Waals surface area contributed by atoms with Crippen LogP contribution < -0.4 is 5.32 Å². The van der Waals surface area contributed by atoms with Gasteiger partial charge in [0.25, 0.3) is 0 Å². The zero-order chi connectivity index (χ0) is 43.7. The zero-order valence-electron chi connectivity index (χ0n) is 40.5. The highest BCUT2D eigenvalue weighted by Crippen LogP contribution is 2.17. The smallest absolute Gasteiger partial charge is 0.305 e. The number of ether oxygens (including phenoxy) is 1. The summed E-state index contributed by atoms with van der Waals surface area (Å²) in [4.78, 5) is 24.4. The van der Waals surface area contributed by atoms with Crippen molar-refractivity contribution < 1.29 is 24.5 Å². The van der Waals surface area contributed by atoms with Crippen LogP contribution in [-0.4, -0.2) is 47.4 Å². The van der Waals surface area contributed by atoms with E-state index in [9.17, 15) is 19.8 Å². The highest BCUT2D eigenvalue weighted by molar-refractivity contribution is 5.76. The van der Waals surface area contributed by atoms with Gasteiger partial charge in [-0.15, -0.1) is 0 Å². The minimum Gasteiger partial charge on any atom is -0.466 e. The maximum atomic E-state index is 12.4. The Kier molecular flexibility index (Phi) is 49.1. The van der Waals surface area contributed by atoms with Crippen LogP contribution in [0.4, 0.5) is 0 Å². The lowest BCUT2D eigenvalue weighted by atomic mass is 10.0. The predicted molar refractivity (Wildman–Crippen MR) is 260 cm³/mol. The Balaban J connectivity index is 3.37. The second kappa shape index (κ2) is 50.2. The van der Waals surface area contributed by atoms with Crippen molar-refractivity contribution in [3.63, 3.8) is 0 Å². The monoisotopic (exact) mass is 848 g/mol. The van der Waals surface area contributed by atoms with Crippen LogP contribution in [0.5, 0.6) is 0 Å². The Morgan fingerprint density at radius 2 is 0.800 bits per heavy atom. The largest absolute Gasteiger partial charge is 0.466 e. The summed E-state index contributed by atoms with van der Waals surface area (Å²) in [5, 5.41) is 23.2. The first-order valence-electron chi connectivity index (χ1n) is 26.9. The maximum Gasteiger partial charge on any atom is 0.305 e. The van der Waals surface area contributed by atoms with E-state index >= 15 is 0 Å². The number of aliphatic hydroxyl groups is 2. The molecule has 3 N–H and O–H groups in total. The molecule has 60 heavy (non-hydrogen) atoms. The first-order valence-corrected chi connectivity index (χ1v) is 26.9. The molecule has 6 nitrogen and oxygen atoms in total. The van der Waals surface area contributed by atoms with Crippen LogP contribution >= 0.6 is 0 Å². The van der Waals surface area contributed by atoms with Gasteiger partial charge in [0.1, 0.15) is 0 Å². The van der Waals surface area contributed by atoms with Crippen molar-refractivity contribution in [2.24, 2.45) is 0 Å². The van der Waals surface area contributed by atoms with E-state index in [1.165, 1.54) is 218 Å². The summed E-state index contributed by atoms with van der Waals surface area (Å²) in [6, 6.07) is -0.540. The first-order chi connectivity index (χ1) is 29.5. The van der Waals surface area contributed by atoms with Crippen molar-refractivity contribution in [1.29, 1.82) is 0 Å². The van der Waals surface area contributed by atoms with Crippen LogP contribution in [0, 0.1) is 0 Å². The minimum atomic E-state index is -0.662. The number of rotatable bonds is 50. The number of carbonyl (C=O) groups excluding carboxylic acids is 2. The highest BCUT2D eigenvalue weighted by Gasteiger charge is 2.20. The summed E-state index contributed by atoms with van der Waals surface area (Å²) < 4.78 is 5.45. The van der Waals surface area contributed by atoms with E-state index in [-0.39, 0.29) is 18.5 Å². The molecule has 2 atom stereocenters. The third-order valence-corrected chi connectivity index (χ3v) is 12.6. The third kappa shape index (κ3) is 46.1. The molecule has 0 saturated heterocycles. The first kappa shape index (κ1) is 58.6. The summed E-state index contributed by atoms with van der Waals surface area (Å²) in [6.45, 7) is 4.91. The molecule has 356 valence electrons. The summed E-state index contributed by atoms with van der Waals surface area (Å²) in [7, 11) is 0. The molecule has 0 aromatic carbocycles. The fraction of sp³-hybridized carbons (Fsp3) is 0.926. The van der Waals surface area contributed by atoms with E-state index in [4.69, 9.17) is 4.74 Å². The molecular formula is C54H105NO5. The molecule has 0 bridgehead atoms. The van der Waals surface area contributed by atoms with Crippen LogP contribution in [0.2, 0.25) is 0 Å². The Hall–Kier alpha value is -1.40. The normalized spacial score (nSPS) is 12.7. The number of nitrogens with one attached hydrogen (secondary N) is 1. The SMILES string of the molecule is CCCC/C=C\CCCCCCCC(=O)OCCCCCCCCCCCCCCCCCCCCCCCC(=O)NC(CO)C(O)CCCCCCCCCCCCC. The lowest BCUT2D eigenvalue weighted by Gasteiger charge is -2.22. The summed E-state index contributed by atoms with van der Waals surface area (Å²) in [5.74, 6) is -0.0355. The quantitative estimate of drug-likeness (QED) is 0.0322. The number of carbonyl (C=O) groups is 2. The van der Waals surface area contributed by atoms with Crippen molar-refractivity contribution >= 4 is 11.9 Å². The maximum absolute atomic E-state index is 12.4. The van der Waals surface area contributed by atoms with E-state index in [2.05, 4.69) is 31.3 Å². The molecule has 1 amide bonds. The number of unbranched alkanes of at least 4 members (excludes halogenated alkanes) is 37. The Bertz CT molecular complexity index is 893. The Morgan fingerprint density at radius 3 is 1.23 bits per heavy atom. The van der Waals surface area contributed by atoms with Gasteiger partial charge in [-0.1, -0.05) is 251 Å². The van der Waals surface area contributed by atoms with Gasteiger partial charge < -0.3 is 20.3 Å². The van der Waals surface area contributed by atoms with Crippen LogP contribution in [0.15, 0.2) is 12.2 Å². The molecule has 6 heteroatoms. The molecule has 0 aliphatic carbocycles. The van der Waals surface area contributed by atoms with Crippen molar-refractivity contribution in [1.82, 2.24) is 5.32 Å². The van der Waals surface area contributed by atoms with Gasteiger partial charge in [-0.25, -0.2) is 0 Å². The summed E-state index contributed by atoms with van der Waals surface area (Å²) in [5.41, 5.74) is 0. The van der Waals surface area contributed by atoms with Crippen LogP contribution in [0.25, 0.3) is 0 Å². The zero-order valence-corrected chi connectivity index (χ0v) is 40.5. The van der Waals surface area contributed by atoms with E-state index in [1.807, 2.05) is 0 Å². The summed E-state index contributed by atoms with van der Waals surface area (Å²) in [6.07, 6.45) is 57.7. The molecule has 0 aromatic rings. The summed E-state index contributed by atoms with van der Waals surface area (Å²) >= 11 is 0. The molecule has 0 saturated carbocycles. The molecule has 0 heterocycles. The number of hydrogen-bond donors (Lipinski definition) is 3. The van der Waals surface area contributed by atoms with Crippen LogP contribution in [-0.2, 0) is 14.3 Å². The molecule has 0 radical (unpaired) electrons. The Morgan fingerprint density at radius 1 is 0.450 bits per heavy atom. The van der Waals surface area contributed by atoms with Gasteiger partial charge >= 0.3 is 5.97 Å². The standard InChI is InChI=1S/C54H105NO5/c1-3-5-7-9-11-13-26-30-34-38-42-46-52(57)51(50-56)55-53(58)47-43-39-35-31-28-24-22-20-18-16-15-17-19-21-23-25-29-33-37-41-45-49-60-54(59)48-44-40-36-32-27-14-12-10-8-6-4-2/h10,12,51-52,56-57H,3-9,11,13-50H2,1-2H3,(H,55,58)/b12-10-. The molecule has 0 aliphatic rings. The highest BCUT2D eigenvalue weighted by atomic mass is 16.5. The molecular weight excluding hydrogens is 743 g/mol. The van der Waals surface area contributed by atoms with Gasteiger partial charge in [0.05, 0.1) is 25.4 Å². The third-order valence-electron chi connectivity index (χ3n) is 12.6. The molecule has 2 unspecified atom stereocenters. The van der Waals surface area contributed by atoms with E-state index in [1.54, 1.807) is 0 Å². The van der Waals surface area contributed by atoms with Gasteiger partial charge in [0, 0.05) is 12.8 Å². The van der Waals surface area contributed by atoms with E-state index < -0.39 is 12.1 Å². The fourth-order valence-corrected chi connectivity index (χ4v) is 8.39. The number of hydrogen-bond acceptors (Lipinski definition) is 5. The number of aliphatic hydroxyl groups excluding tert-OH is 2. The van der Waals surface area contributed by atoms with Gasteiger partial charge in [0.2, 0.25) is 5.91 Å². The van der Waals surface area contributed by atoms with E-state index in [0.717, 1.165) is 44.9 Å². The second-order valence-electron chi connectivity index (χ2n) is 18.6. The van der Waals surface area contributed by atoms with Crippen molar-refractivity contribution in [3.8, 4) is 0 Å². The lowest BCUT2D eigenvalue weighted by Crippen LogP contribution is -2.45. The average Bonchev–Trinajstić information content (AvgIpc) is 3.25. The molecule has 0 fully saturated rings. The van der Waals surface area contributed by atoms with Gasteiger partial charge in [0.15, 0.2) is 0 Å². The average molecular weight is 848 g/mol. The van der Waals surface area contributed by atoms with Crippen molar-refractivity contribution in [3.05, 3.63) is 12.2 Å². The molecule has 0 spiro atoms. The minimum absolute atomic E-state index is 0.000938. The second-order valence-corrected chi connectivity index (χ2v) is 18.6. The molecule has 0 aliphatic heterocycles. The number of allylic oxidation sites excluding steroid dienone is 2. The molecule has 0 aromatic heterocycles. The number of amides is 1. The van der Waals surface area contributed by atoms with Crippen molar-refractivity contribution in [2.75, 3.05) is 13.2 Å². The lowest BCUT2D eigenvalue weighted by molar-refractivity contribution is -0.143. The molecule has 0 rings (SSSR count). The topological polar surface area (TPSA) is 95.9 Å². The van der Waals surface area contributed by atoms with Crippen LogP contribution in [0.1, 0.15) is 296 Å².